The fourth-order valence-electron chi connectivity index (χ4n) is 2.67. The number of ether oxygens (including phenoxy) is 1. The van der Waals surface area contributed by atoms with Gasteiger partial charge in [0, 0.05) is 6.42 Å². The smallest absolute Gasteiger partial charge is 0.0823 e. The summed E-state index contributed by atoms with van der Waals surface area (Å²) in [5, 5.41) is 10.2. The highest BCUT2D eigenvalue weighted by atomic mass is 16.5. The zero-order valence-electron chi connectivity index (χ0n) is 9.24. The van der Waals surface area contributed by atoms with E-state index in [1.807, 2.05) is 39.8 Å². The van der Waals surface area contributed by atoms with Gasteiger partial charge in [0.1, 0.15) is 0 Å². The quantitative estimate of drug-likeness (QED) is 0.661. The topological polar surface area (TPSA) is 32.7 Å². The van der Waals surface area contributed by atoms with Crippen molar-refractivity contribution in [3.05, 3.63) is 0 Å². The minimum absolute atomic E-state index is 0.0868. The molecule has 1 heterocycles. The highest BCUT2D eigenvalue weighted by Gasteiger charge is 2.43. The van der Waals surface area contributed by atoms with Crippen LogP contribution in [-0.4, -0.2) is 48.0 Å². The van der Waals surface area contributed by atoms with Crippen LogP contribution in [0, 0.1) is 0 Å². The maximum absolute atomic E-state index is 10.2. The number of nitrogens with zero attached hydrogens (tertiary/aromatic N) is 1. The van der Waals surface area contributed by atoms with Crippen LogP contribution >= 0.6 is 0 Å². The first-order valence-electron chi connectivity index (χ1n) is 4.89. The molecule has 3 heteroatoms. The van der Waals surface area contributed by atoms with Crippen molar-refractivity contribution in [3.63, 3.8) is 0 Å². The van der Waals surface area contributed by atoms with Crippen molar-refractivity contribution < 1.29 is 9.84 Å². The number of likely N-dealkylation sites (N-methyl/N-ethyl adjacent to an activating group) is 1. The summed E-state index contributed by atoms with van der Waals surface area (Å²) in [6.45, 7) is 5.93. The monoisotopic (exact) mass is 187 g/mol. The number of aliphatic hydroxyl groups is 1. The van der Waals surface area contributed by atoms with Gasteiger partial charge in [0.05, 0.1) is 23.9 Å². The van der Waals surface area contributed by atoms with Crippen molar-refractivity contribution >= 4 is 0 Å². The fourth-order valence-corrected chi connectivity index (χ4v) is 2.67. The Balaban J connectivity index is 2.79. The molecule has 0 aromatic carbocycles. The van der Waals surface area contributed by atoms with E-state index in [9.17, 15) is 5.11 Å². The third-order valence-corrected chi connectivity index (χ3v) is 2.79. The largest absolute Gasteiger partial charge is 0.388 e. The molecule has 1 fully saturated rings. The second kappa shape index (κ2) is 3.56. The molecule has 0 radical (unpaired) electrons. The molecule has 0 aliphatic carbocycles. The van der Waals surface area contributed by atoms with Crippen molar-refractivity contribution in [1.82, 2.24) is 4.90 Å². The molecule has 1 N–H and O–H groups in total. The second-order valence-corrected chi connectivity index (χ2v) is 4.62. The summed E-state index contributed by atoms with van der Waals surface area (Å²) >= 11 is 0. The van der Waals surface area contributed by atoms with E-state index in [2.05, 4.69) is 0 Å². The molecular formula is C10H21NO2. The van der Waals surface area contributed by atoms with Gasteiger partial charge in [-0.1, -0.05) is 0 Å². The van der Waals surface area contributed by atoms with Crippen LogP contribution < -0.4 is 0 Å². The van der Waals surface area contributed by atoms with Gasteiger partial charge in [0.15, 0.2) is 0 Å². The summed E-state index contributed by atoms with van der Waals surface area (Å²) < 4.78 is 5.69. The van der Waals surface area contributed by atoms with Gasteiger partial charge < -0.3 is 14.7 Å². The Kier molecular flexibility index (Phi) is 3.00. The summed E-state index contributed by atoms with van der Waals surface area (Å²) in [5.74, 6) is 0. The van der Waals surface area contributed by atoms with Gasteiger partial charge in [0.25, 0.3) is 0 Å². The average molecular weight is 187 g/mol. The summed E-state index contributed by atoms with van der Waals surface area (Å²) in [6.07, 6.45) is 0.954. The first-order valence-corrected chi connectivity index (χ1v) is 4.89. The molecule has 3 nitrogen and oxygen atoms in total. The molecule has 1 aliphatic heterocycles. The Morgan fingerprint density at radius 1 is 1.38 bits per heavy atom. The number of hydrogen-bond donors (Lipinski definition) is 1. The van der Waals surface area contributed by atoms with Crippen molar-refractivity contribution in [1.29, 1.82) is 0 Å². The van der Waals surface area contributed by atoms with E-state index in [1.54, 1.807) is 0 Å². The van der Waals surface area contributed by atoms with Crippen molar-refractivity contribution in [3.8, 4) is 0 Å². The van der Waals surface area contributed by atoms with E-state index in [0.29, 0.717) is 6.42 Å². The summed E-state index contributed by atoms with van der Waals surface area (Å²) in [7, 11) is 3.96. The van der Waals surface area contributed by atoms with E-state index in [0.717, 1.165) is 0 Å². The third-order valence-electron chi connectivity index (χ3n) is 2.79. The van der Waals surface area contributed by atoms with Crippen LogP contribution in [0.1, 0.15) is 27.2 Å². The summed E-state index contributed by atoms with van der Waals surface area (Å²) in [5.41, 5.74) is -0.638. The summed E-state index contributed by atoms with van der Waals surface area (Å²) in [6, 6.07) is 0.0868. The molecule has 1 aliphatic rings. The van der Waals surface area contributed by atoms with E-state index < -0.39 is 5.60 Å². The molecule has 1 rings (SSSR count). The van der Waals surface area contributed by atoms with Crippen LogP contribution in [0.5, 0.6) is 0 Å². The van der Waals surface area contributed by atoms with Gasteiger partial charge in [-0.25, -0.2) is 0 Å². The van der Waals surface area contributed by atoms with Crippen LogP contribution in [0.15, 0.2) is 0 Å². The predicted molar refractivity (Wildman–Crippen MR) is 52.7 cm³/mol. The van der Waals surface area contributed by atoms with Gasteiger partial charge in [-0.05, 0) is 34.9 Å². The van der Waals surface area contributed by atoms with Crippen LogP contribution in [0.25, 0.3) is 0 Å². The first kappa shape index (κ1) is 11.0. The van der Waals surface area contributed by atoms with Crippen LogP contribution in [0.2, 0.25) is 0 Å². The van der Waals surface area contributed by atoms with Crippen LogP contribution in [0.4, 0.5) is 0 Å². The highest BCUT2D eigenvalue weighted by molar-refractivity contribution is 4.96. The molecule has 78 valence electrons. The Morgan fingerprint density at radius 2 is 1.92 bits per heavy atom. The van der Waals surface area contributed by atoms with E-state index in [4.69, 9.17) is 4.74 Å². The van der Waals surface area contributed by atoms with E-state index >= 15 is 0 Å². The molecule has 0 unspecified atom stereocenters. The minimum Gasteiger partial charge on any atom is -0.388 e. The summed E-state index contributed by atoms with van der Waals surface area (Å²) in [4.78, 5) is 2.04. The highest BCUT2D eigenvalue weighted by Crippen LogP contribution is 2.31. The lowest BCUT2D eigenvalue weighted by Crippen LogP contribution is -2.60. The second-order valence-electron chi connectivity index (χ2n) is 4.62. The predicted octanol–water partition coefficient (Wildman–Crippen LogP) is 0.865. The Labute approximate surface area is 80.7 Å². The molecular weight excluding hydrogens is 166 g/mol. The standard InChI is InChI=1S/C10H21NO2/c1-7-6-10(3,12)9(11(4)5)8(2)13-7/h7-9,12H,6H2,1-5H3/t7-,8-,9+,10-/m0/s1. The molecule has 0 spiro atoms. The Hall–Kier alpha value is -0.120. The Morgan fingerprint density at radius 3 is 2.31 bits per heavy atom. The van der Waals surface area contributed by atoms with Crippen LogP contribution in [-0.2, 0) is 4.74 Å². The van der Waals surface area contributed by atoms with E-state index in [1.165, 1.54) is 0 Å². The normalized spacial score (nSPS) is 46.8. The van der Waals surface area contributed by atoms with Crippen molar-refractivity contribution in [2.45, 2.75) is 51.0 Å². The van der Waals surface area contributed by atoms with Gasteiger partial charge in [0.2, 0.25) is 0 Å². The zero-order valence-corrected chi connectivity index (χ0v) is 9.24. The molecule has 4 atom stereocenters. The van der Waals surface area contributed by atoms with Crippen molar-refractivity contribution in [2.24, 2.45) is 0 Å². The fraction of sp³-hybridized carbons (Fsp3) is 1.00. The Bertz CT molecular complexity index is 180. The van der Waals surface area contributed by atoms with Gasteiger partial charge in [-0.2, -0.15) is 0 Å². The van der Waals surface area contributed by atoms with Gasteiger partial charge >= 0.3 is 0 Å². The molecule has 0 saturated carbocycles. The maximum Gasteiger partial charge on any atom is 0.0823 e. The lowest BCUT2D eigenvalue weighted by Gasteiger charge is -2.47. The van der Waals surface area contributed by atoms with Crippen LogP contribution in [0.3, 0.4) is 0 Å². The maximum atomic E-state index is 10.2. The molecule has 1 saturated heterocycles. The minimum atomic E-state index is -0.638. The number of rotatable bonds is 1. The zero-order chi connectivity index (χ0) is 10.2. The molecule has 13 heavy (non-hydrogen) atoms. The van der Waals surface area contributed by atoms with Gasteiger partial charge in [-0.15, -0.1) is 0 Å². The molecule has 0 aromatic heterocycles. The molecule has 0 amide bonds. The average Bonchev–Trinajstić information content (AvgIpc) is 1.78. The molecule has 0 aromatic rings. The lowest BCUT2D eigenvalue weighted by atomic mass is 9.84. The van der Waals surface area contributed by atoms with Gasteiger partial charge in [-0.3, -0.25) is 0 Å². The van der Waals surface area contributed by atoms with Crippen molar-refractivity contribution in [2.75, 3.05) is 14.1 Å². The third kappa shape index (κ3) is 2.22. The SMILES string of the molecule is C[C@@H]1O[C@@H](C)C[C@](C)(O)[C@@H]1N(C)C. The van der Waals surface area contributed by atoms with E-state index in [-0.39, 0.29) is 18.2 Å². The number of hydrogen-bond acceptors (Lipinski definition) is 3. The lowest BCUT2D eigenvalue weighted by molar-refractivity contribution is -0.170. The molecule has 0 bridgehead atoms. The first-order chi connectivity index (χ1) is 5.84.